The molecule has 162 valence electrons. The highest BCUT2D eigenvalue weighted by atomic mass is 35.5. The molecule has 8 heteroatoms. The van der Waals surface area contributed by atoms with Crippen LogP contribution in [-0.2, 0) is 7.05 Å². The van der Waals surface area contributed by atoms with Gasteiger partial charge in [0.15, 0.2) is 0 Å². The molecule has 1 saturated heterocycles. The minimum atomic E-state index is -0.285. The number of hydrogen-bond acceptors (Lipinski definition) is 4. The van der Waals surface area contributed by atoms with Gasteiger partial charge in [0.2, 0.25) is 0 Å². The average Bonchev–Trinajstić information content (AvgIpc) is 3.11. The Labute approximate surface area is 185 Å². The maximum atomic E-state index is 13.9. The highest BCUT2D eigenvalue weighted by Gasteiger charge is 2.33. The van der Waals surface area contributed by atoms with E-state index in [4.69, 9.17) is 16.3 Å². The van der Waals surface area contributed by atoms with Gasteiger partial charge in [0.1, 0.15) is 22.4 Å². The van der Waals surface area contributed by atoms with E-state index in [0.717, 1.165) is 17.8 Å². The number of rotatable bonds is 5. The third-order valence-electron chi connectivity index (χ3n) is 5.70. The number of aryl methyl sites for hydroxylation is 1. The Balaban J connectivity index is 1.62. The van der Waals surface area contributed by atoms with Crippen LogP contribution in [0.2, 0.25) is 5.02 Å². The average molecular weight is 443 g/mol. The summed E-state index contributed by atoms with van der Waals surface area (Å²) in [5.41, 5.74) is 1.37. The van der Waals surface area contributed by atoms with E-state index in [1.165, 1.54) is 6.07 Å². The maximum Gasteiger partial charge on any atom is 0.251 e. The van der Waals surface area contributed by atoms with E-state index in [1.54, 1.807) is 54.4 Å². The fraction of sp³-hybridized carbons (Fsp3) is 0.304. The molecule has 0 bridgehead atoms. The summed E-state index contributed by atoms with van der Waals surface area (Å²) in [7, 11) is 3.40. The van der Waals surface area contributed by atoms with Crippen molar-refractivity contribution in [2.45, 2.75) is 18.4 Å². The van der Waals surface area contributed by atoms with Crippen molar-refractivity contribution < 1.29 is 13.9 Å². The number of anilines is 1. The highest BCUT2D eigenvalue weighted by Crippen LogP contribution is 2.34. The van der Waals surface area contributed by atoms with Crippen LogP contribution < -0.4 is 15.0 Å². The quantitative estimate of drug-likeness (QED) is 0.648. The van der Waals surface area contributed by atoms with Gasteiger partial charge in [-0.1, -0.05) is 29.8 Å². The molecule has 31 heavy (non-hydrogen) atoms. The van der Waals surface area contributed by atoms with Crippen molar-refractivity contribution in [2.24, 2.45) is 7.05 Å². The van der Waals surface area contributed by atoms with Crippen molar-refractivity contribution in [1.29, 1.82) is 0 Å². The van der Waals surface area contributed by atoms with Crippen molar-refractivity contribution in [2.75, 3.05) is 25.1 Å². The number of piperidine rings is 1. The van der Waals surface area contributed by atoms with Crippen molar-refractivity contribution in [3.05, 3.63) is 76.7 Å². The van der Waals surface area contributed by atoms with Gasteiger partial charge >= 0.3 is 0 Å². The second kappa shape index (κ2) is 8.98. The van der Waals surface area contributed by atoms with E-state index in [2.05, 4.69) is 15.3 Å². The van der Waals surface area contributed by atoms with Gasteiger partial charge in [0.25, 0.3) is 5.91 Å². The summed E-state index contributed by atoms with van der Waals surface area (Å²) in [4.78, 5) is 15.2. The van der Waals surface area contributed by atoms with E-state index >= 15 is 0 Å². The predicted molar refractivity (Wildman–Crippen MR) is 118 cm³/mol. The number of nitrogens with zero attached hydrogens (tertiary/aromatic N) is 3. The molecule has 6 nitrogen and oxygen atoms in total. The fourth-order valence-electron chi connectivity index (χ4n) is 4.20. The normalized spacial score (nSPS) is 18.6. The number of hydrogen-bond donors (Lipinski definition) is 1. The van der Waals surface area contributed by atoms with Crippen LogP contribution in [0.5, 0.6) is 5.75 Å². The number of halogens is 2. The molecule has 1 fully saturated rings. The van der Waals surface area contributed by atoms with Crippen molar-refractivity contribution in [3.8, 4) is 5.75 Å². The second-order valence-corrected chi connectivity index (χ2v) is 8.06. The van der Waals surface area contributed by atoms with Crippen LogP contribution in [-0.4, -0.2) is 41.9 Å². The molecule has 4 rings (SSSR count). The van der Waals surface area contributed by atoms with Gasteiger partial charge in [0.05, 0.1) is 19.3 Å². The molecule has 0 unspecified atom stereocenters. The number of carbonyl (C=O) groups is 1. The molecule has 0 aliphatic carbocycles. The zero-order chi connectivity index (χ0) is 22.0. The lowest BCUT2D eigenvalue weighted by atomic mass is 9.85. The van der Waals surface area contributed by atoms with Crippen LogP contribution in [0.4, 0.5) is 10.2 Å². The zero-order valence-electron chi connectivity index (χ0n) is 17.4. The number of nitrogens with one attached hydrogen (secondary N) is 1. The molecule has 3 aromatic rings. The van der Waals surface area contributed by atoms with Crippen LogP contribution in [0, 0.1) is 5.82 Å². The monoisotopic (exact) mass is 442 g/mol. The second-order valence-electron chi connectivity index (χ2n) is 7.65. The molecule has 1 aromatic heterocycles. The van der Waals surface area contributed by atoms with Crippen LogP contribution >= 0.6 is 11.6 Å². The Morgan fingerprint density at radius 2 is 2.06 bits per heavy atom. The largest absolute Gasteiger partial charge is 0.497 e. The molecule has 0 saturated carbocycles. The Morgan fingerprint density at radius 3 is 2.77 bits per heavy atom. The number of carbonyl (C=O) groups excluding carboxylic acids is 1. The first-order valence-corrected chi connectivity index (χ1v) is 10.5. The van der Waals surface area contributed by atoms with Gasteiger partial charge in [-0.25, -0.2) is 4.39 Å². The Bertz CT molecular complexity index is 1070. The summed E-state index contributed by atoms with van der Waals surface area (Å²) < 4.78 is 20.9. The molecule has 2 atom stereocenters. The van der Waals surface area contributed by atoms with Gasteiger partial charge < -0.3 is 15.0 Å². The number of benzene rings is 2. The standard InChI is InChI=1S/C23H24ClFN4O2/c1-28-23(20(24)13-26-28)29-10-9-19(15-5-3-7-17(25)11-15)21(14-29)27-22(30)16-6-4-8-18(12-16)31-2/h3-8,11-13,19,21H,9-10,14H2,1-2H3,(H,27,30)/t19-,21+/m0/s1. The maximum absolute atomic E-state index is 13.9. The van der Waals surface area contributed by atoms with E-state index < -0.39 is 0 Å². The lowest BCUT2D eigenvalue weighted by molar-refractivity contribution is 0.0927. The first-order valence-electron chi connectivity index (χ1n) is 10.1. The van der Waals surface area contributed by atoms with Gasteiger partial charge in [-0.3, -0.25) is 9.48 Å². The summed E-state index contributed by atoms with van der Waals surface area (Å²) in [5, 5.41) is 7.94. The smallest absolute Gasteiger partial charge is 0.251 e. The first-order chi connectivity index (χ1) is 15.0. The lowest BCUT2D eigenvalue weighted by Gasteiger charge is -2.40. The van der Waals surface area contributed by atoms with Crippen LogP contribution in [0.15, 0.2) is 54.7 Å². The van der Waals surface area contributed by atoms with E-state index in [-0.39, 0.29) is 23.7 Å². The molecule has 1 aliphatic rings. The number of ether oxygens (including phenoxy) is 1. The third kappa shape index (κ3) is 4.51. The summed E-state index contributed by atoms with van der Waals surface area (Å²) in [6.07, 6.45) is 2.34. The lowest BCUT2D eigenvalue weighted by Crippen LogP contribution is -2.52. The van der Waals surface area contributed by atoms with E-state index in [9.17, 15) is 9.18 Å². The van der Waals surface area contributed by atoms with Gasteiger partial charge in [-0.2, -0.15) is 5.10 Å². The van der Waals surface area contributed by atoms with Crippen molar-refractivity contribution in [1.82, 2.24) is 15.1 Å². The summed E-state index contributed by atoms with van der Waals surface area (Å²) in [6.45, 7) is 1.24. The number of amides is 1. The van der Waals surface area contributed by atoms with Crippen molar-refractivity contribution >= 4 is 23.3 Å². The third-order valence-corrected chi connectivity index (χ3v) is 5.97. The Morgan fingerprint density at radius 1 is 1.26 bits per heavy atom. The molecule has 0 radical (unpaired) electrons. The fourth-order valence-corrected chi connectivity index (χ4v) is 4.49. The van der Waals surface area contributed by atoms with E-state index in [1.807, 2.05) is 13.1 Å². The molecule has 1 amide bonds. The summed E-state index contributed by atoms with van der Waals surface area (Å²) in [5.74, 6) is 0.894. The predicted octanol–water partition coefficient (Wildman–Crippen LogP) is 4.01. The van der Waals surface area contributed by atoms with Gasteiger partial charge in [0, 0.05) is 31.6 Å². The SMILES string of the molecule is COc1cccc(C(=O)N[C@@H]2CN(c3c(Cl)cnn3C)CC[C@H]2c2cccc(F)c2)c1. The molecule has 0 spiro atoms. The first kappa shape index (κ1) is 21.2. The Kier molecular flexibility index (Phi) is 6.13. The minimum absolute atomic E-state index is 0.0338. The Hall–Kier alpha value is -3.06. The molecule has 2 heterocycles. The van der Waals surface area contributed by atoms with Crippen LogP contribution in [0.3, 0.4) is 0 Å². The van der Waals surface area contributed by atoms with Crippen molar-refractivity contribution in [3.63, 3.8) is 0 Å². The molecular weight excluding hydrogens is 419 g/mol. The van der Waals surface area contributed by atoms with Crippen LogP contribution in [0.25, 0.3) is 0 Å². The number of methoxy groups -OCH3 is 1. The molecule has 1 N–H and O–H groups in total. The highest BCUT2D eigenvalue weighted by molar-refractivity contribution is 6.32. The number of aromatic nitrogens is 2. The zero-order valence-corrected chi connectivity index (χ0v) is 18.1. The molecular formula is C23H24ClFN4O2. The van der Waals surface area contributed by atoms with Gasteiger partial charge in [-0.05, 0) is 42.3 Å². The minimum Gasteiger partial charge on any atom is -0.497 e. The summed E-state index contributed by atoms with van der Waals surface area (Å²) >= 11 is 6.36. The molecule has 1 aliphatic heterocycles. The topological polar surface area (TPSA) is 59.4 Å². The summed E-state index contributed by atoms with van der Waals surface area (Å²) in [6, 6.07) is 13.3. The van der Waals surface area contributed by atoms with Gasteiger partial charge in [-0.15, -0.1) is 0 Å². The van der Waals surface area contributed by atoms with E-state index in [0.29, 0.717) is 29.4 Å². The van der Waals surface area contributed by atoms with Crippen LogP contribution in [0.1, 0.15) is 28.3 Å². The molecule has 2 aromatic carbocycles.